The number of carbonyl (C=O) groups is 1. The molecule has 0 aliphatic rings. The van der Waals surface area contributed by atoms with Gasteiger partial charge in [-0.3, -0.25) is 9.52 Å². The van der Waals surface area contributed by atoms with Crippen LogP contribution in [0.15, 0.2) is 77.7 Å². The molecule has 4 rings (SSSR count). The van der Waals surface area contributed by atoms with Crippen LogP contribution in [0.2, 0.25) is 0 Å². The summed E-state index contributed by atoms with van der Waals surface area (Å²) in [4.78, 5) is 16.7. The van der Waals surface area contributed by atoms with Crippen LogP contribution in [0.3, 0.4) is 0 Å². The molecular formula is C20H14FN3O3S2. The molecule has 0 aliphatic carbocycles. The van der Waals surface area contributed by atoms with E-state index in [9.17, 15) is 17.6 Å². The third kappa shape index (κ3) is 4.25. The van der Waals surface area contributed by atoms with E-state index in [0.717, 1.165) is 17.4 Å². The lowest BCUT2D eigenvalue weighted by molar-refractivity contribution is 0.102. The van der Waals surface area contributed by atoms with Crippen LogP contribution in [0, 0.1) is 5.82 Å². The topological polar surface area (TPSA) is 88.2 Å². The Balaban J connectivity index is 1.56. The fourth-order valence-electron chi connectivity index (χ4n) is 2.65. The van der Waals surface area contributed by atoms with Crippen molar-refractivity contribution < 1.29 is 17.6 Å². The zero-order valence-electron chi connectivity index (χ0n) is 14.8. The second-order valence-corrected chi connectivity index (χ2v) is 8.80. The molecule has 9 heteroatoms. The smallest absolute Gasteiger partial charge is 0.263 e. The monoisotopic (exact) mass is 427 g/mol. The van der Waals surface area contributed by atoms with Gasteiger partial charge < -0.3 is 5.32 Å². The third-order valence-corrected chi connectivity index (χ3v) is 6.43. The first-order valence-electron chi connectivity index (χ1n) is 8.46. The van der Waals surface area contributed by atoms with Crippen molar-refractivity contribution in [2.45, 2.75) is 4.90 Å². The Morgan fingerprint density at radius 1 is 0.966 bits per heavy atom. The van der Waals surface area contributed by atoms with Crippen LogP contribution in [0.4, 0.5) is 15.2 Å². The van der Waals surface area contributed by atoms with E-state index in [1.165, 1.54) is 30.3 Å². The number of hydrogen-bond donors (Lipinski definition) is 2. The van der Waals surface area contributed by atoms with Gasteiger partial charge in [0.15, 0.2) is 5.13 Å². The van der Waals surface area contributed by atoms with Gasteiger partial charge in [0.1, 0.15) is 5.82 Å². The Morgan fingerprint density at radius 2 is 1.76 bits per heavy atom. The molecule has 4 aromatic rings. The van der Waals surface area contributed by atoms with Crippen molar-refractivity contribution in [2.75, 3.05) is 10.0 Å². The largest absolute Gasteiger partial charge is 0.322 e. The van der Waals surface area contributed by atoms with Gasteiger partial charge in [0.25, 0.3) is 15.9 Å². The summed E-state index contributed by atoms with van der Waals surface area (Å²) in [5.74, 6) is -0.940. The van der Waals surface area contributed by atoms with Gasteiger partial charge in [-0.2, -0.15) is 0 Å². The standard InChI is InChI=1S/C20H14FN3O3S2/c21-14-6-4-5-13(11-14)19(25)22-15-9-10-17-18(12-15)28-20(23-17)24-29(26,27)16-7-2-1-3-8-16/h1-12H,(H,22,25)(H,23,24). The molecule has 0 saturated carbocycles. The van der Waals surface area contributed by atoms with Gasteiger partial charge in [0, 0.05) is 11.3 Å². The van der Waals surface area contributed by atoms with Gasteiger partial charge in [-0.15, -0.1) is 0 Å². The van der Waals surface area contributed by atoms with Crippen LogP contribution in [0.1, 0.15) is 10.4 Å². The van der Waals surface area contributed by atoms with E-state index in [-0.39, 0.29) is 15.6 Å². The normalized spacial score (nSPS) is 11.3. The van der Waals surface area contributed by atoms with E-state index in [1.54, 1.807) is 36.4 Å². The molecule has 0 spiro atoms. The molecule has 1 amide bonds. The van der Waals surface area contributed by atoms with E-state index in [1.807, 2.05) is 0 Å². The number of halogens is 1. The van der Waals surface area contributed by atoms with Crippen molar-refractivity contribution in [3.63, 3.8) is 0 Å². The Morgan fingerprint density at radius 3 is 2.52 bits per heavy atom. The SMILES string of the molecule is O=C(Nc1ccc2nc(NS(=O)(=O)c3ccccc3)sc2c1)c1cccc(F)c1. The first-order valence-corrected chi connectivity index (χ1v) is 10.8. The summed E-state index contributed by atoms with van der Waals surface area (Å²) >= 11 is 1.15. The molecule has 0 atom stereocenters. The second kappa shape index (κ2) is 7.61. The van der Waals surface area contributed by atoms with Gasteiger partial charge >= 0.3 is 0 Å². The Labute approximate surface area is 170 Å². The summed E-state index contributed by atoms with van der Waals surface area (Å²) in [6.45, 7) is 0. The number of anilines is 2. The third-order valence-electron chi connectivity index (χ3n) is 4.01. The molecular weight excluding hydrogens is 413 g/mol. The van der Waals surface area contributed by atoms with Gasteiger partial charge in [-0.1, -0.05) is 35.6 Å². The first-order chi connectivity index (χ1) is 13.9. The molecule has 0 fully saturated rings. The maximum absolute atomic E-state index is 13.3. The molecule has 29 heavy (non-hydrogen) atoms. The molecule has 0 aliphatic heterocycles. The molecule has 146 valence electrons. The van der Waals surface area contributed by atoms with E-state index >= 15 is 0 Å². The highest BCUT2D eigenvalue weighted by Gasteiger charge is 2.16. The van der Waals surface area contributed by atoms with Crippen molar-refractivity contribution in [2.24, 2.45) is 0 Å². The number of hydrogen-bond acceptors (Lipinski definition) is 5. The summed E-state index contributed by atoms with van der Waals surface area (Å²) in [6, 6.07) is 18.4. The average molecular weight is 427 g/mol. The average Bonchev–Trinajstić information content (AvgIpc) is 3.09. The lowest BCUT2D eigenvalue weighted by Crippen LogP contribution is -2.12. The van der Waals surface area contributed by atoms with Crippen LogP contribution < -0.4 is 10.0 Å². The number of nitrogens with one attached hydrogen (secondary N) is 2. The summed E-state index contributed by atoms with van der Waals surface area (Å²) in [5, 5.41) is 2.92. The van der Waals surface area contributed by atoms with Crippen LogP contribution in [0.25, 0.3) is 10.2 Å². The fraction of sp³-hybridized carbons (Fsp3) is 0. The summed E-state index contributed by atoms with van der Waals surface area (Å²) in [6.07, 6.45) is 0. The minimum atomic E-state index is -3.74. The van der Waals surface area contributed by atoms with Gasteiger partial charge in [-0.05, 0) is 48.5 Å². The highest BCUT2D eigenvalue weighted by molar-refractivity contribution is 7.93. The van der Waals surface area contributed by atoms with E-state index in [2.05, 4.69) is 15.0 Å². The zero-order valence-corrected chi connectivity index (χ0v) is 16.4. The number of rotatable bonds is 5. The number of fused-ring (bicyclic) bond motifs is 1. The Hall–Kier alpha value is -3.30. The van der Waals surface area contributed by atoms with E-state index in [4.69, 9.17) is 0 Å². The predicted octanol–water partition coefficient (Wildman–Crippen LogP) is 4.49. The minimum Gasteiger partial charge on any atom is -0.322 e. The van der Waals surface area contributed by atoms with Crippen LogP contribution in [0.5, 0.6) is 0 Å². The predicted molar refractivity (Wildman–Crippen MR) is 111 cm³/mol. The lowest BCUT2D eigenvalue weighted by Gasteiger charge is -2.05. The summed E-state index contributed by atoms with van der Waals surface area (Å²) in [7, 11) is -3.74. The van der Waals surface area contributed by atoms with Crippen LogP contribution >= 0.6 is 11.3 Å². The number of amides is 1. The number of carbonyl (C=O) groups excluding carboxylic acids is 1. The highest BCUT2D eigenvalue weighted by Crippen LogP contribution is 2.30. The number of sulfonamides is 1. The van der Waals surface area contributed by atoms with E-state index in [0.29, 0.717) is 15.9 Å². The summed E-state index contributed by atoms with van der Waals surface area (Å²) < 4.78 is 41.3. The zero-order chi connectivity index (χ0) is 20.4. The molecule has 1 heterocycles. The Bertz CT molecular complexity index is 1310. The molecule has 0 bridgehead atoms. The number of benzene rings is 3. The molecule has 6 nitrogen and oxygen atoms in total. The Kier molecular flexibility index (Phi) is 4.99. The molecule has 0 saturated heterocycles. The maximum atomic E-state index is 13.3. The van der Waals surface area contributed by atoms with Crippen molar-refractivity contribution in [1.82, 2.24) is 4.98 Å². The molecule has 1 aromatic heterocycles. The van der Waals surface area contributed by atoms with Gasteiger partial charge in [-0.25, -0.2) is 17.8 Å². The van der Waals surface area contributed by atoms with Gasteiger partial charge in [0.05, 0.1) is 15.1 Å². The first kappa shape index (κ1) is 19.0. The van der Waals surface area contributed by atoms with Crippen molar-refractivity contribution in [3.8, 4) is 0 Å². The quantitative estimate of drug-likeness (QED) is 0.491. The van der Waals surface area contributed by atoms with Crippen LogP contribution in [-0.2, 0) is 10.0 Å². The molecule has 0 radical (unpaired) electrons. The number of thiazole rings is 1. The maximum Gasteiger partial charge on any atom is 0.263 e. The fourth-order valence-corrected chi connectivity index (χ4v) is 4.81. The van der Waals surface area contributed by atoms with Crippen molar-refractivity contribution in [3.05, 3.63) is 84.2 Å². The summed E-state index contributed by atoms with van der Waals surface area (Å²) in [5.41, 5.74) is 1.28. The molecule has 3 aromatic carbocycles. The van der Waals surface area contributed by atoms with Crippen molar-refractivity contribution in [1.29, 1.82) is 0 Å². The van der Waals surface area contributed by atoms with Crippen LogP contribution in [-0.4, -0.2) is 19.3 Å². The highest BCUT2D eigenvalue weighted by atomic mass is 32.2. The minimum absolute atomic E-state index is 0.141. The second-order valence-electron chi connectivity index (χ2n) is 6.08. The molecule has 2 N–H and O–H groups in total. The number of aromatic nitrogens is 1. The lowest BCUT2D eigenvalue weighted by atomic mass is 10.2. The van der Waals surface area contributed by atoms with E-state index < -0.39 is 21.7 Å². The number of nitrogens with zero attached hydrogens (tertiary/aromatic N) is 1. The van der Waals surface area contributed by atoms with Crippen molar-refractivity contribution >= 4 is 48.3 Å². The van der Waals surface area contributed by atoms with Gasteiger partial charge in [0.2, 0.25) is 0 Å². The molecule has 0 unspecified atom stereocenters.